The van der Waals surface area contributed by atoms with E-state index in [0.29, 0.717) is 18.9 Å². The second kappa shape index (κ2) is 4.91. The van der Waals surface area contributed by atoms with Gasteiger partial charge in [0.1, 0.15) is 18.1 Å². The first-order chi connectivity index (χ1) is 8.63. The Kier molecular flexibility index (Phi) is 3.31. The van der Waals surface area contributed by atoms with Gasteiger partial charge in [-0.05, 0) is 0 Å². The highest BCUT2D eigenvalue weighted by atomic mass is 16.6. The molecule has 0 unspecified atom stereocenters. The van der Waals surface area contributed by atoms with Crippen LogP contribution in [0, 0.1) is 0 Å². The normalized spacial score (nSPS) is 13.9. The molecule has 0 aliphatic carbocycles. The number of ether oxygens (including phenoxy) is 1. The number of carbonyl (C=O) groups excluding carboxylic acids is 1. The topological polar surface area (TPSA) is 84.7 Å². The number of amides is 1. The molecule has 1 amide bonds. The molecular weight excluding hydrogens is 238 g/mol. The molecule has 1 aromatic rings. The van der Waals surface area contributed by atoms with Crippen LogP contribution in [0.2, 0.25) is 0 Å². The highest BCUT2D eigenvalue weighted by molar-refractivity contribution is 5.85. The van der Waals surface area contributed by atoms with E-state index in [2.05, 4.69) is 11.6 Å². The predicted molar refractivity (Wildman–Crippen MR) is 61.1 cm³/mol. The number of carboxylic acids is 1. The molecule has 2 rings (SSSR count). The number of imidazole rings is 1. The number of carbonyl (C=O) groups is 2. The summed E-state index contributed by atoms with van der Waals surface area (Å²) in [7, 11) is 0. The number of aromatic carboxylic acids is 1. The molecule has 7 heteroatoms. The lowest BCUT2D eigenvalue weighted by atomic mass is 10.3. The predicted octanol–water partition coefficient (Wildman–Crippen LogP) is 0.720. The molecule has 0 saturated carbocycles. The van der Waals surface area contributed by atoms with Crippen LogP contribution in [0.3, 0.4) is 0 Å². The monoisotopic (exact) mass is 251 g/mol. The summed E-state index contributed by atoms with van der Waals surface area (Å²) in [5, 5.41) is 8.94. The molecule has 0 fully saturated rings. The Morgan fingerprint density at radius 1 is 1.56 bits per heavy atom. The van der Waals surface area contributed by atoms with Gasteiger partial charge in [0, 0.05) is 13.1 Å². The Morgan fingerprint density at radius 3 is 3.00 bits per heavy atom. The van der Waals surface area contributed by atoms with Gasteiger partial charge in [-0.25, -0.2) is 14.6 Å². The van der Waals surface area contributed by atoms with E-state index in [4.69, 9.17) is 9.84 Å². The van der Waals surface area contributed by atoms with Gasteiger partial charge in [-0.15, -0.1) is 0 Å². The SMILES string of the molecule is C=CCOC(=O)N1CCn2c(C(=O)O)cnc2C1. The molecule has 18 heavy (non-hydrogen) atoms. The maximum Gasteiger partial charge on any atom is 0.410 e. The fourth-order valence-electron chi connectivity index (χ4n) is 1.81. The number of hydrogen-bond donors (Lipinski definition) is 1. The standard InChI is InChI=1S/C11H13N3O4/c1-2-5-18-11(17)13-3-4-14-8(10(15)16)6-12-9(14)7-13/h2,6H,1,3-5,7H2,(H,15,16). The van der Waals surface area contributed by atoms with Crippen LogP contribution in [0.1, 0.15) is 16.3 Å². The third-order valence-electron chi connectivity index (χ3n) is 2.67. The van der Waals surface area contributed by atoms with Crippen LogP contribution >= 0.6 is 0 Å². The number of rotatable bonds is 3. The van der Waals surface area contributed by atoms with Crippen molar-refractivity contribution in [1.29, 1.82) is 0 Å². The molecule has 7 nitrogen and oxygen atoms in total. The summed E-state index contributed by atoms with van der Waals surface area (Å²) in [5.41, 5.74) is 0.143. The first-order valence-corrected chi connectivity index (χ1v) is 5.43. The number of aromatic nitrogens is 2. The minimum Gasteiger partial charge on any atom is -0.477 e. The van der Waals surface area contributed by atoms with Crippen molar-refractivity contribution in [1.82, 2.24) is 14.5 Å². The lowest BCUT2D eigenvalue weighted by Crippen LogP contribution is -2.39. The van der Waals surface area contributed by atoms with Gasteiger partial charge in [-0.1, -0.05) is 12.7 Å². The second-order valence-electron chi connectivity index (χ2n) is 3.80. The minimum atomic E-state index is -1.02. The third-order valence-corrected chi connectivity index (χ3v) is 2.67. The van der Waals surface area contributed by atoms with Gasteiger partial charge in [0.05, 0.1) is 12.7 Å². The summed E-state index contributed by atoms with van der Waals surface area (Å²) in [5.74, 6) is -0.467. The third kappa shape index (κ3) is 2.20. The Bertz CT molecular complexity index is 494. The van der Waals surface area contributed by atoms with Crippen molar-refractivity contribution in [2.75, 3.05) is 13.2 Å². The molecule has 1 aliphatic rings. The zero-order valence-corrected chi connectivity index (χ0v) is 9.70. The van der Waals surface area contributed by atoms with Crippen LogP contribution < -0.4 is 0 Å². The Morgan fingerprint density at radius 2 is 2.33 bits per heavy atom. The van der Waals surface area contributed by atoms with E-state index in [1.54, 1.807) is 4.57 Å². The van der Waals surface area contributed by atoms with E-state index in [1.807, 2.05) is 0 Å². The fraction of sp³-hybridized carbons (Fsp3) is 0.364. The molecule has 0 atom stereocenters. The highest BCUT2D eigenvalue weighted by Crippen LogP contribution is 2.15. The molecule has 96 valence electrons. The van der Waals surface area contributed by atoms with Crippen LogP contribution in [-0.4, -0.2) is 44.8 Å². The van der Waals surface area contributed by atoms with Crippen molar-refractivity contribution in [3.05, 3.63) is 30.4 Å². The maximum atomic E-state index is 11.6. The summed E-state index contributed by atoms with van der Waals surface area (Å²) in [6.45, 7) is 4.67. The summed E-state index contributed by atoms with van der Waals surface area (Å²) in [4.78, 5) is 28.0. The van der Waals surface area contributed by atoms with Crippen LogP contribution in [0.15, 0.2) is 18.9 Å². The molecule has 0 aromatic carbocycles. The van der Waals surface area contributed by atoms with Crippen molar-refractivity contribution in [2.45, 2.75) is 13.1 Å². The van der Waals surface area contributed by atoms with Gasteiger partial charge < -0.3 is 14.4 Å². The minimum absolute atomic E-state index is 0.143. The van der Waals surface area contributed by atoms with Crippen molar-refractivity contribution in [2.24, 2.45) is 0 Å². The number of fused-ring (bicyclic) bond motifs is 1. The van der Waals surface area contributed by atoms with Gasteiger partial charge in [-0.2, -0.15) is 0 Å². The second-order valence-corrected chi connectivity index (χ2v) is 3.80. The van der Waals surface area contributed by atoms with Crippen LogP contribution in [0.25, 0.3) is 0 Å². The molecule has 2 heterocycles. The van der Waals surface area contributed by atoms with Crippen molar-refractivity contribution >= 4 is 12.1 Å². The van der Waals surface area contributed by atoms with Gasteiger partial charge in [-0.3, -0.25) is 4.90 Å². The average Bonchev–Trinajstić information content (AvgIpc) is 2.78. The smallest absolute Gasteiger partial charge is 0.410 e. The summed E-state index contributed by atoms with van der Waals surface area (Å²) < 4.78 is 6.51. The zero-order valence-electron chi connectivity index (χ0n) is 9.70. The van der Waals surface area contributed by atoms with Crippen LogP contribution in [0.4, 0.5) is 4.79 Å². The summed E-state index contributed by atoms with van der Waals surface area (Å²) in [6.07, 6.45) is 2.35. The first-order valence-electron chi connectivity index (χ1n) is 5.43. The van der Waals surface area contributed by atoms with Crippen molar-refractivity contribution < 1.29 is 19.4 Å². The zero-order chi connectivity index (χ0) is 13.1. The maximum absolute atomic E-state index is 11.6. The lowest BCUT2D eigenvalue weighted by Gasteiger charge is -2.27. The van der Waals surface area contributed by atoms with Gasteiger partial charge in [0.2, 0.25) is 0 Å². The van der Waals surface area contributed by atoms with Crippen LogP contribution in [-0.2, 0) is 17.8 Å². The van der Waals surface area contributed by atoms with Gasteiger partial charge >= 0.3 is 12.1 Å². The molecule has 1 N–H and O–H groups in total. The van der Waals surface area contributed by atoms with Crippen LogP contribution in [0.5, 0.6) is 0 Å². The van der Waals surface area contributed by atoms with Crippen molar-refractivity contribution in [3.8, 4) is 0 Å². The molecular formula is C11H13N3O4. The molecule has 0 saturated heterocycles. The van der Waals surface area contributed by atoms with E-state index >= 15 is 0 Å². The van der Waals surface area contributed by atoms with E-state index in [1.165, 1.54) is 17.2 Å². The van der Waals surface area contributed by atoms with Gasteiger partial charge in [0.15, 0.2) is 0 Å². The van der Waals surface area contributed by atoms with E-state index in [0.717, 1.165) is 0 Å². The largest absolute Gasteiger partial charge is 0.477 e. The molecule has 1 aliphatic heterocycles. The summed E-state index contributed by atoms with van der Waals surface area (Å²) >= 11 is 0. The average molecular weight is 251 g/mol. The van der Waals surface area contributed by atoms with Gasteiger partial charge in [0.25, 0.3) is 0 Å². The number of carboxylic acid groups (broad SMARTS) is 1. The molecule has 1 aromatic heterocycles. The fourth-order valence-corrected chi connectivity index (χ4v) is 1.81. The van der Waals surface area contributed by atoms with E-state index in [9.17, 15) is 9.59 Å². The lowest BCUT2D eigenvalue weighted by molar-refractivity contribution is 0.0680. The number of nitrogens with zero attached hydrogens (tertiary/aromatic N) is 3. The Labute approximate surface area is 103 Å². The molecule has 0 radical (unpaired) electrons. The Balaban J connectivity index is 2.09. The highest BCUT2D eigenvalue weighted by Gasteiger charge is 2.25. The summed E-state index contributed by atoms with van der Waals surface area (Å²) in [6, 6.07) is 0. The van der Waals surface area contributed by atoms with Crippen molar-refractivity contribution in [3.63, 3.8) is 0 Å². The molecule has 0 bridgehead atoms. The number of hydrogen-bond acceptors (Lipinski definition) is 4. The van der Waals surface area contributed by atoms with E-state index in [-0.39, 0.29) is 18.8 Å². The molecule has 0 spiro atoms. The Hall–Kier alpha value is -2.31. The first kappa shape index (κ1) is 12.2. The quantitative estimate of drug-likeness (QED) is 0.800. The van der Waals surface area contributed by atoms with E-state index < -0.39 is 12.1 Å².